The molecule has 110 valence electrons. The molecule has 0 heterocycles. The molecule has 0 radical (unpaired) electrons. The highest BCUT2D eigenvalue weighted by molar-refractivity contribution is 7.80. The lowest BCUT2D eigenvalue weighted by molar-refractivity contribution is -0.119. The van der Waals surface area contributed by atoms with Gasteiger partial charge in [-0.2, -0.15) is 0 Å². The van der Waals surface area contributed by atoms with E-state index in [0.717, 1.165) is 12.0 Å². The van der Waals surface area contributed by atoms with Gasteiger partial charge in [0.15, 0.2) is 5.11 Å². The summed E-state index contributed by atoms with van der Waals surface area (Å²) in [6.45, 7) is 8.29. The molecule has 0 aromatic heterocycles. The molecular weight excluding hydrogens is 268 g/mol. The molecule has 0 unspecified atom stereocenters. The van der Waals surface area contributed by atoms with Gasteiger partial charge >= 0.3 is 0 Å². The van der Waals surface area contributed by atoms with Gasteiger partial charge in [-0.25, -0.2) is 0 Å². The molecule has 0 aliphatic heterocycles. The zero-order valence-corrected chi connectivity index (χ0v) is 13.5. The van der Waals surface area contributed by atoms with Gasteiger partial charge in [0.25, 0.3) is 0 Å². The Hall–Kier alpha value is -1.42. The highest BCUT2D eigenvalue weighted by Gasteiger charge is 2.18. The van der Waals surface area contributed by atoms with E-state index in [2.05, 4.69) is 33.0 Å². The van der Waals surface area contributed by atoms with Crippen molar-refractivity contribution < 1.29 is 4.79 Å². The van der Waals surface area contributed by atoms with Crippen molar-refractivity contribution in [1.82, 2.24) is 10.2 Å². The van der Waals surface area contributed by atoms with Crippen LogP contribution in [0.5, 0.6) is 0 Å². The largest absolute Gasteiger partial charge is 0.344 e. The Bertz CT molecular complexity index is 435. The van der Waals surface area contributed by atoms with Crippen LogP contribution in [-0.2, 0) is 11.2 Å². The standard InChI is InChI=1S/C16H24N2OS/c1-12(2)18(13(3)4)16(20)17-15(19)11-10-14-8-6-5-7-9-14/h5-9,12-13H,10-11H2,1-4H3,(H,17,19,20). The van der Waals surface area contributed by atoms with Gasteiger partial charge in [0.05, 0.1) is 0 Å². The Balaban J connectivity index is 2.47. The summed E-state index contributed by atoms with van der Waals surface area (Å²) in [4.78, 5) is 14.0. The number of hydrogen-bond acceptors (Lipinski definition) is 2. The molecule has 4 heteroatoms. The minimum absolute atomic E-state index is 0.0230. The summed E-state index contributed by atoms with van der Waals surface area (Å²) in [6, 6.07) is 10.5. The Morgan fingerprint density at radius 3 is 2.20 bits per heavy atom. The normalized spacial score (nSPS) is 10.7. The molecule has 0 aliphatic rings. The van der Waals surface area contributed by atoms with Crippen LogP contribution in [0.4, 0.5) is 0 Å². The number of rotatable bonds is 5. The average Bonchev–Trinajstić information content (AvgIpc) is 2.36. The molecule has 0 saturated carbocycles. The summed E-state index contributed by atoms with van der Waals surface area (Å²) in [5, 5.41) is 3.35. The third-order valence-corrected chi connectivity index (χ3v) is 3.39. The zero-order chi connectivity index (χ0) is 15.1. The topological polar surface area (TPSA) is 32.3 Å². The minimum atomic E-state index is -0.0230. The molecule has 0 saturated heterocycles. The quantitative estimate of drug-likeness (QED) is 0.846. The molecule has 0 spiro atoms. The van der Waals surface area contributed by atoms with E-state index in [-0.39, 0.29) is 18.0 Å². The summed E-state index contributed by atoms with van der Waals surface area (Å²) in [5.74, 6) is -0.0230. The highest BCUT2D eigenvalue weighted by Crippen LogP contribution is 2.06. The molecule has 1 rings (SSSR count). The molecule has 0 atom stereocenters. The first-order chi connectivity index (χ1) is 9.41. The number of aryl methyl sites for hydroxylation is 1. The number of amides is 1. The van der Waals surface area contributed by atoms with E-state index in [9.17, 15) is 4.79 Å². The summed E-state index contributed by atoms with van der Waals surface area (Å²) < 4.78 is 0. The SMILES string of the molecule is CC(C)N(C(=S)NC(=O)CCc1ccccc1)C(C)C. The maximum atomic E-state index is 12.0. The molecule has 3 nitrogen and oxygen atoms in total. The van der Waals surface area contributed by atoms with Crippen molar-refractivity contribution in [3.05, 3.63) is 35.9 Å². The van der Waals surface area contributed by atoms with E-state index in [4.69, 9.17) is 12.2 Å². The number of carbonyl (C=O) groups is 1. The third kappa shape index (κ3) is 5.29. The molecule has 0 fully saturated rings. The summed E-state index contributed by atoms with van der Waals surface area (Å²) in [6.07, 6.45) is 1.19. The fourth-order valence-electron chi connectivity index (χ4n) is 2.21. The Morgan fingerprint density at radius 2 is 1.70 bits per heavy atom. The predicted molar refractivity (Wildman–Crippen MR) is 87.6 cm³/mol. The second kappa shape index (κ2) is 8.00. The average molecular weight is 292 g/mol. The fourth-order valence-corrected chi connectivity index (χ4v) is 2.75. The van der Waals surface area contributed by atoms with Crippen LogP contribution in [0.1, 0.15) is 39.7 Å². The van der Waals surface area contributed by atoms with E-state index in [1.807, 2.05) is 35.2 Å². The van der Waals surface area contributed by atoms with Gasteiger partial charge in [-0.1, -0.05) is 30.3 Å². The highest BCUT2D eigenvalue weighted by atomic mass is 32.1. The van der Waals surface area contributed by atoms with Crippen LogP contribution in [0.15, 0.2) is 30.3 Å². The first kappa shape index (κ1) is 16.6. The molecule has 0 bridgehead atoms. The van der Waals surface area contributed by atoms with Crippen molar-refractivity contribution in [2.24, 2.45) is 0 Å². The van der Waals surface area contributed by atoms with Crippen LogP contribution in [0.3, 0.4) is 0 Å². The van der Waals surface area contributed by atoms with Gasteiger partial charge in [0.1, 0.15) is 0 Å². The van der Waals surface area contributed by atoms with Crippen LogP contribution in [0, 0.1) is 0 Å². The molecule has 0 aliphatic carbocycles. The number of hydrogen-bond donors (Lipinski definition) is 1. The lowest BCUT2D eigenvalue weighted by Crippen LogP contribution is -2.49. The monoisotopic (exact) mass is 292 g/mol. The lowest BCUT2D eigenvalue weighted by atomic mass is 10.1. The van der Waals surface area contributed by atoms with Crippen molar-refractivity contribution in [2.75, 3.05) is 0 Å². The van der Waals surface area contributed by atoms with Gasteiger partial charge in [-0.15, -0.1) is 0 Å². The molecule has 1 aromatic carbocycles. The molecule has 20 heavy (non-hydrogen) atoms. The Morgan fingerprint density at radius 1 is 1.15 bits per heavy atom. The summed E-state index contributed by atoms with van der Waals surface area (Å²) in [7, 11) is 0. The predicted octanol–water partition coefficient (Wildman–Crippen LogP) is 3.14. The van der Waals surface area contributed by atoms with Gasteiger partial charge in [-0.05, 0) is 51.9 Å². The van der Waals surface area contributed by atoms with Crippen LogP contribution in [-0.4, -0.2) is 28.0 Å². The van der Waals surface area contributed by atoms with Crippen molar-refractivity contribution in [3.8, 4) is 0 Å². The van der Waals surface area contributed by atoms with Crippen molar-refractivity contribution in [2.45, 2.75) is 52.6 Å². The van der Waals surface area contributed by atoms with E-state index < -0.39 is 0 Å². The molecule has 1 amide bonds. The zero-order valence-electron chi connectivity index (χ0n) is 12.7. The van der Waals surface area contributed by atoms with Crippen LogP contribution >= 0.6 is 12.2 Å². The van der Waals surface area contributed by atoms with Crippen molar-refractivity contribution in [3.63, 3.8) is 0 Å². The molecule has 1 N–H and O–H groups in total. The van der Waals surface area contributed by atoms with Gasteiger partial charge < -0.3 is 10.2 Å². The third-order valence-electron chi connectivity index (χ3n) is 3.08. The number of nitrogens with one attached hydrogen (secondary N) is 1. The number of thiocarbonyl (C=S) groups is 1. The first-order valence-electron chi connectivity index (χ1n) is 7.08. The number of benzene rings is 1. The van der Waals surface area contributed by atoms with E-state index in [1.165, 1.54) is 0 Å². The van der Waals surface area contributed by atoms with Gasteiger partial charge in [0.2, 0.25) is 5.91 Å². The van der Waals surface area contributed by atoms with Gasteiger partial charge in [0, 0.05) is 18.5 Å². The lowest BCUT2D eigenvalue weighted by Gasteiger charge is -2.33. The van der Waals surface area contributed by atoms with Crippen molar-refractivity contribution in [1.29, 1.82) is 0 Å². The fraction of sp³-hybridized carbons (Fsp3) is 0.500. The first-order valence-corrected chi connectivity index (χ1v) is 7.48. The van der Waals surface area contributed by atoms with Crippen LogP contribution < -0.4 is 5.32 Å². The Kier molecular flexibility index (Phi) is 6.65. The van der Waals surface area contributed by atoms with E-state index in [0.29, 0.717) is 11.5 Å². The second-order valence-electron chi connectivity index (χ2n) is 5.43. The minimum Gasteiger partial charge on any atom is -0.344 e. The van der Waals surface area contributed by atoms with E-state index >= 15 is 0 Å². The smallest absolute Gasteiger partial charge is 0.226 e. The number of carbonyl (C=O) groups excluding carboxylic acids is 1. The van der Waals surface area contributed by atoms with Gasteiger partial charge in [-0.3, -0.25) is 4.79 Å². The van der Waals surface area contributed by atoms with Crippen LogP contribution in [0.2, 0.25) is 0 Å². The Labute approximate surface area is 127 Å². The number of nitrogens with zero attached hydrogens (tertiary/aromatic N) is 1. The van der Waals surface area contributed by atoms with Crippen LogP contribution in [0.25, 0.3) is 0 Å². The second-order valence-corrected chi connectivity index (χ2v) is 5.82. The maximum Gasteiger partial charge on any atom is 0.226 e. The van der Waals surface area contributed by atoms with E-state index in [1.54, 1.807) is 0 Å². The summed E-state index contributed by atoms with van der Waals surface area (Å²) >= 11 is 5.33. The molecular formula is C16H24N2OS. The maximum absolute atomic E-state index is 12.0. The molecule has 1 aromatic rings. The summed E-state index contributed by atoms with van der Waals surface area (Å²) in [5.41, 5.74) is 1.16. The van der Waals surface area contributed by atoms with Crippen molar-refractivity contribution >= 4 is 23.2 Å².